The van der Waals surface area contributed by atoms with Crippen molar-refractivity contribution in [2.75, 3.05) is 18.8 Å². The minimum Gasteiger partial charge on any atom is -0.458 e. The van der Waals surface area contributed by atoms with Gasteiger partial charge in [0.2, 0.25) is 5.91 Å². The van der Waals surface area contributed by atoms with Crippen LogP contribution < -0.4 is 4.74 Å². The summed E-state index contributed by atoms with van der Waals surface area (Å²) in [5.41, 5.74) is 0. The molecule has 0 N–H and O–H groups in total. The molecule has 1 aromatic heterocycles. The molecule has 1 fully saturated rings. The molecule has 0 aliphatic carbocycles. The number of ether oxygens (including phenoxy) is 1. The Bertz CT molecular complexity index is 684. The fourth-order valence-corrected chi connectivity index (χ4v) is 3.66. The second-order valence-electron chi connectivity index (χ2n) is 5.82. The third-order valence-electron chi connectivity index (χ3n) is 3.93. The lowest BCUT2D eigenvalue weighted by molar-refractivity contribution is -0.133. The number of thioether (sulfide) groups is 1. The molecule has 1 amide bonds. The highest BCUT2D eigenvalue weighted by Gasteiger charge is 2.25. The average molecular weight is 378 g/mol. The number of rotatable bonds is 6. The number of aromatic nitrogens is 2. The zero-order valence-electron chi connectivity index (χ0n) is 13.8. The van der Waals surface area contributed by atoms with Crippen LogP contribution in [-0.4, -0.2) is 45.7 Å². The highest BCUT2D eigenvalue weighted by atomic mass is 35.5. The molecule has 7 heteroatoms. The van der Waals surface area contributed by atoms with Gasteiger partial charge < -0.3 is 9.64 Å². The lowest BCUT2D eigenvalue weighted by Crippen LogP contribution is -2.44. The monoisotopic (exact) mass is 377 g/mol. The van der Waals surface area contributed by atoms with Crippen molar-refractivity contribution in [1.82, 2.24) is 14.9 Å². The van der Waals surface area contributed by atoms with Gasteiger partial charge in [0, 0.05) is 23.6 Å². The molecular weight excluding hydrogens is 358 g/mol. The van der Waals surface area contributed by atoms with Crippen LogP contribution >= 0.6 is 23.4 Å². The Kier molecular flexibility index (Phi) is 6.53. The second-order valence-corrected chi connectivity index (χ2v) is 7.42. The number of carbonyl (C=O) groups is 1. The Morgan fingerprint density at radius 2 is 2.04 bits per heavy atom. The SMILES string of the molecule is O=C(CCSc1ccccc1)N1CCCC(Oc2ncc(Cl)cn2)C1. The van der Waals surface area contributed by atoms with Gasteiger partial charge in [-0.25, -0.2) is 9.97 Å². The van der Waals surface area contributed by atoms with Crippen LogP contribution in [0.1, 0.15) is 19.3 Å². The predicted octanol–water partition coefficient (Wildman–Crippen LogP) is 3.68. The molecule has 1 aromatic carbocycles. The standard InChI is InChI=1S/C18H20ClN3O2S/c19-14-11-20-18(21-12-14)24-15-5-4-9-22(13-15)17(23)8-10-25-16-6-2-1-3-7-16/h1-3,6-7,11-12,15H,4-5,8-10,13H2. The van der Waals surface area contributed by atoms with Gasteiger partial charge in [-0.1, -0.05) is 29.8 Å². The fraction of sp³-hybridized carbons (Fsp3) is 0.389. The zero-order valence-corrected chi connectivity index (χ0v) is 15.4. The topological polar surface area (TPSA) is 55.3 Å². The minimum absolute atomic E-state index is 0.0688. The summed E-state index contributed by atoms with van der Waals surface area (Å²) in [6, 6.07) is 10.4. The molecule has 0 bridgehead atoms. The maximum atomic E-state index is 12.4. The first-order valence-electron chi connectivity index (χ1n) is 8.30. The second kappa shape index (κ2) is 9.06. The first-order chi connectivity index (χ1) is 12.2. The molecule has 0 spiro atoms. The maximum absolute atomic E-state index is 12.4. The van der Waals surface area contributed by atoms with Crippen LogP contribution in [0.5, 0.6) is 6.01 Å². The molecule has 2 heterocycles. The zero-order chi connectivity index (χ0) is 17.5. The number of carbonyl (C=O) groups excluding carboxylic acids is 1. The van der Waals surface area contributed by atoms with Crippen molar-refractivity contribution in [2.24, 2.45) is 0 Å². The number of nitrogens with zero attached hydrogens (tertiary/aromatic N) is 3. The van der Waals surface area contributed by atoms with E-state index in [2.05, 4.69) is 22.1 Å². The minimum atomic E-state index is -0.0688. The van der Waals surface area contributed by atoms with Crippen LogP contribution in [0, 0.1) is 0 Å². The number of amides is 1. The van der Waals surface area contributed by atoms with Crippen molar-refractivity contribution in [3.63, 3.8) is 0 Å². The Hall–Kier alpha value is -1.79. The quantitative estimate of drug-likeness (QED) is 0.719. The van der Waals surface area contributed by atoms with E-state index in [1.54, 1.807) is 11.8 Å². The maximum Gasteiger partial charge on any atom is 0.316 e. The van der Waals surface area contributed by atoms with E-state index in [0.717, 1.165) is 25.1 Å². The van der Waals surface area contributed by atoms with Crippen LogP contribution in [0.3, 0.4) is 0 Å². The summed E-state index contributed by atoms with van der Waals surface area (Å²) in [6.07, 6.45) is 5.31. The van der Waals surface area contributed by atoms with E-state index in [1.165, 1.54) is 17.3 Å². The molecule has 0 saturated carbocycles. The smallest absolute Gasteiger partial charge is 0.316 e. The molecule has 0 radical (unpaired) electrons. The van der Waals surface area contributed by atoms with Gasteiger partial charge in [-0.05, 0) is 25.0 Å². The van der Waals surface area contributed by atoms with Crippen LogP contribution in [0.25, 0.3) is 0 Å². The van der Waals surface area contributed by atoms with Crippen molar-refractivity contribution in [3.8, 4) is 6.01 Å². The molecule has 2 aromatic rings. The van der Waals surface area contributed by atoms with Crippen molar-refractivity contribution in [1.29, 1.82) is 0 Å². The number of halogens is 1. The first-order valence-corrected chi connectivity index (χ1v) is 9.67. The Labute approximate surface area is 156 Å². The summed E-state index contributed by atoms with van der Waals surface area (Å²) in [7, 11) is 0. The van der Waals surface area contributed by atoms with Crippen molar-refractivity contribution < 1.29 is 9.53 Å². The van der Waals surface area contributed by atoms with E-state index >= 15 is 0 Å². The fourth-order valence-electron chi connectivity index (χ4n) is 2.70. The predicted molar refractivity (Wildman–Crippen MR) is 99.1 cm³/mol. The lowest BCUT2D eigenvalue weighted by atomic mass is 10.1. The van der Waals surface area contributed by atoms with Gasteiger partial charge in [-0.3, -0.25) is 4.79 Å². The highest BCUT2D eigenvalue weighted by Crippen LogP contribution is 2.20. The van der Waals surface area contributed by atoms with Crippen LogP contribution in [0.4, 0.5) is 0 Å². The van der Waals surface area contributed by atoms with Crippen molar-refractivity contribution in [2.45, 2.75) is 30.3 Å². The number of hydrogen-bond acceptors (Lipinski definition) is 5. The summed E-state index contributed by atoms with van der Waals surface area (Å²) >= 11 is 7.48. The summed E-state index contributed by atoms with van der Waals surface area (Å²) in [4.78, 5) is 23.6. The summed E-state index contributed by atoms with van der Waals surface area (Å²) < 4.78 is 5.78. The van der Waals surface area contributed by atoms with Gasteiger partial charge in [-0.2, -0.15) is 0 Å². The van der Waals surface area contributed by atoms with Crippen molar-refractivity contribution >= 4 is 29.3 Å². The largest absolute Gasteiger partial charge is 0.458 e. The molecular formula is C18H20ClN3O2S. The highest BCUT2D eigenvalue weighted by molar-refractivity contribution is 7.99. The Morgan fingerprint density at radius 1 is 1.28 bits per heavy atom. The molecule has 25 heavy (non-hydrogen) atoms. The molecule has 3 rings (SSSR count). The van der Waals surface area contributed by atoms with Gasteiger partial charge in [0.05, 0.1) is 24.0 Å². The van der Waals surface area contributed by atoms with E-state index in [9.17, 15) is 4.79 Å². The van der Waals surface area contributed by atoms with Crippen LogP contribution in [-0.2, 0) is 4.79 Å². The van der Waals surface area contributed by atoms with E-state index in [-0.39, 0.29) is 12.0 Å². The summed E-state index contributed by atoms with van der Waals surface area (Å²) in [5, 5.41) is 0.476. The molecule has 132 valence electrons. The third kappa shape index (κ3) is 5.61. The van der Waals surface area contributed by atoms with E-state index < -0.39 is 0 Å². The number of piperidine rings is 1. The Balaban J connectivity index is 1.45. The molecule has 5 nitrogen and oxygen atoms in total. The van der Waals surface area contributed by atoms with Crippen LogP contribution in [0.15, 0.2) is 47.6 Å². The van der Waals surface area contributed by atoms with Gasteiger partial charge in [0.1, 0.15) is 6.10 Å². The summed E-state index contributed by atoms with van der Waals surface area (Å²) in [6.45, 7) is 1.37. The number of hydrogen-bond donors (Lipinski definition) is 0. The average Bonchev–Trinajstić information content (AvgIpc) is 2.65. The van der Waals surface area contributed by atoms with Gasteiger partial charge in [0.15, 0.2) is 0 Å². The molecule has 1 atom stereocenters. The van der Waals surface area contributed by atoms with Crippen molar-refractivity contribution in [3.05, 3.63) is 47.7 Å². The van der Waals surface area contributed by atoms with Gasteiger partial charge >= 0.3 is 6.01 Å². The van der Waals surface area contributed by atoms with E-state index in [0.29, 0.717) is 24.0 Å². The van der Waals surface area contributed by atoms with E-state index in [4.69, 9.17) is 16.3 Å². The molecule has 1 unspecified atom stereocenters. The first kappa shape index (κ1) is 18.0. The number of likely N-dealkylation sites (tertiary alicyclic amines) is 1. The van der Waals surface area contributed by atoms with Crippen LogP contribution in [0.2, 0.25) is 5.02 Å². The molecule has 1 aliphatic rings. The lowest BCUT2D eigenvalue weighted by Gasteiger charge is -2.32. The van der Waals surface area contributed by atoms with Gasteiger partial charge in [0.25, 0.3) is 0 Å². The normalized spacial score (nSPS) is 17.3. The van der Waals surface area contributed by atoms with Gasteiger partial charge in [-0.15, -0.1) is 11.8 Å². The molecule has 1 saturated heterocycles. The Morgan fingerprint density at radius 3 is 2.80 bits per heavy atom. The third-order valence-corrected chi connectivity index (χ3v) is 5.14. The van der Waals surface area contributed by atoms with E-state index in [1.807, 2.05) is 23.1 Å². The number of benzene rings is 1. The molecule has 1 aliphatic heterocycles. The summed E-state index contributed by atoms with van der Waals surface area (Å²) in [5.74, 6) is 0.958.